The molecular formula is C12H18N4OS2. The number of carbonyl (C=O) groups is 1. The summed E-state index contributed by atoms with van der Waals surface area (Å²) < 4.78 is 0.857. The molecule has 5 nitrogen and oxygen atoms in total. The van der Waals surface area contributed by atoms with Crippen LogP contribution in [0.2, 0.25) is 0 Å². The van der Waals surface area contributed by atoms with Crippen molar-refractivity contribution in [2.24, 2.45) is 5.92 Å². The number of aromatic nitrogens is 2. The third-order valence-corrected chi connectivity index (χ3v) is 5.50. The van der Waals surface area contributed by atoms with Crippen molar-refractivity contribution in [1.29, 1.82) is 0 Å². The number of hydrogen-bond donors (Lipinski definition) is 1. The summed E-state index contributed by atoms with van der Waals surface area (Å²) in [5, 5.41) is 10.7. The second-order valence-corrected chi connectivity index (χ2v) is 7.23. The summed E-state index contributed by atoms with van der Waals surface area (Å²) >= 11 is 2.93. The van der Waals surface area contributed by atoms with Crippen molar-refractivity contribution in [2.45, 2.75) is 29.6 Å². The van der Waals surface area contributed by atoms with Gasteiger partial charge in [-0.05, 0) is 31.7 Å². The maximum Gasteiger partial charge on any atom is 0.230 e. The fourth-order valence-electron chi connectivity index (χ4n) is 2.46. The Balaban J connectivity index is 1.32. The summed E-state index contributed by atoms with van der Waals surface area (Å²) in [6.07, 6.45) is 3.97. The lowest BCUT2D eigenvalue weighted by molar-refractivity contribution is -0.118. The minimum absolute atomic E-state index is 0.102. The van der Waals surface area contributed by atoms with E-state index < -0.39 is 0 Å². The maximum absolute atomic E-state index is 11.7. The van der Waals surface area contributed by atoms with Crippen LogP contribution in [0.25, 0.3) is 0 Å². The van der Waals surface area contributed by atoms with Crippen LogP contribution in [0.4, 0.5) is 0 Å². The predicted octanol–water partition coefficient (Wildman–Crippen LogP) is 1.23. The van der Waals surface area contributed by atoms with E-state index in [9.17, 15) is 4.79 Å². The summed E-state index contributed by atoms with van der Waals surface area (Å²) in [5.41, 5.74) is 1.69. The Labute approximate surface area is 121 Å². The molecule has 0 radical (unpaired) electrons. The molecule has 1 amide bonds. The summed E-state index contributed by atoms with van der Waals surface area (Å²) in [6.45, 7) is 3.19. The molecule has 1 saturated heterocycles. The molecular weight excluding hydrogens is 280 g/mol. The smallest absolute Gasteiger partial charge is 0.230 e. The molecule has 2 aliphatic rings. The Hall–Kier alpha value is -0.660. The Kier molecular flexibility index (Phi) is 4.35. The normalized spacial score (nSPS) is 23.7. The fourth-order valence-corrected chi connectivity index (χ4v) is 3.78. The van der Waals surface area contributed by atoms with Crippen LogP contribution in [0.3, 0.4) is 0 Å². The molecule has 1 N–H and O–H groups in total. The SMILES string of the molecule is O=C(CSc1nncs1)NCC1CCN(C2CC2)C1. The first kappa shape index (κ1) is 13.3. The van der Waals surface area contributed by atoms with Gasteiger partial charge in [-0.1, -0.05) is 23.1 Å². The van der Waals surface area contributed by atoms with Gasteiger partial charge < -0.3 is 10.2 Å². The van der Waals surface area contributed by atoms with Crippen molar-refractivity contribution < 1.29 is 4.79 Å². The van der Waals surface area contributed by atoms with Crippen LogP contribution >= 0.6 is 23.1 Å². The first-order chi connectivity index (χ1) is 9.31. The third-order valence-electron chi connectivity index (χ3n) is 3.64. The molecule has 0 bridgehead atoms. The average molecular weight is 298 g/mol. The first-order valence-electron chi connectivity index (χ1n) is 6.71. The number of nitrogens with one attached hydrogen (secondary N) is 1. The van der Waals surface area contributed by atoms with Gasteiger partial charge in [0.2, 0.25) is 5.91 Å². The molecule has 0 spiro atoms. The predicted molar refractivity (Wildman–Crippen MR) is 76.3 cm³/mol. The number of hydrogen-bond acceptors (Lipinski definition) is 6. The van der Waals surface area contributed by atoms with Crippen molar-refractivity contribution >= 4 is 29.0 Å². The van der Waals surface area contributed by atoms with Crippen LogP contribution in [-0.2, 0) is 4.79 Å². The molecule has 0 aromatic carbocycles. The number of amides is 1. The zero-order chi connectivity index (χ0) is 13.1. The average Bonchev–Trinajstić information content (AvgIpc) is 2.95. The van der Waals surface area contributed by atoms with Gasteiger partial charge in [0, 0.05) is 19.1 Å². The number of likely N-dealkylation sites (tertiary alicyclic amines) is 1. The van der Waals surface area contributed by atoms with Crippen molar-refractivity contribution in [3.8, 4) is 0 Å². The quantitative estimate of drug-likeness (QED) is 0.801. The van der Waals surface area contributed by atoms with Crippen LogP contribution in [0.15, 0.2) is 9.85 Å². The van der Waals surface area contributed by atoms with Gasteiger partial charge in [0.25, 0.3) is 0 Å². The van der Waals surface area contributed by atoms with E-state index in [1.807, 2.05) is 0 Å². The molecule has 1 aromatic heterocycles. The summed E-state index contributed by atoms with van der Waals surface area (Å²) in [7, 11) is 0. The Morgan fingerprint density at radius 1 is 1.53 bits per heavy atom. The molecule has 1 unspecified atom stereocenters. The molecule has 2 fully saturated rings. The molecule has 19 heavy (non-hydrogen) atoms. The van der Waals surface area contributed by atoms with Crippen molar-refractivity contribution in [1.82, 2.24) is 20.4 Å². The minimum atomic E-state index is 0.102. The number of thioether (sulfide) groups is 1. The van der Waals surface area contributed by atoms with E-state index in [4.69, 9.17) is 0 Å². The highest BCUT2D eigenvalue weighted by Gasteiger charge is 2.34. The van der Waals surface area contributed by atoms with Crippen LogP contribution in [-0.4, -0.2) is 52.4 Å². The molecule has 3 rings (SSSR count). The van der Waals surface area contributed by atoms with E-state index >= 15 is 0 Å². The van der Waals surface area contributed by atoms with Gasteiger partial charge in [-0.15, -0.1) is 10.2 Å². The van der Waals surface area contributed by atoms with Gasteiger partial charge in [-0.2, -0.15) is 0 Å². The largest absolute Gasteiger partial charge is 0.355 e. The van der Waals surface area contributed by atoms with Gasteiger partial charge >= 0.3 is 0 Å². The lowest BCUT2D eigenvalue weighted by Crippen LogP contribution is -2.32. The van der Waals surface area contributed by atoms with Gasteiger partial charge in [0.05, 0.1) is 5.75 Å². The van der Waals surface area contributed by atoms with Gasteiger partial charge in [0.1, 0.15) is 5.51 Å². The molecule has 1 atom stereocenters. The molecule has 1 aliphatic heterocycles. The Bertz CT molecular complexity index is 421. The molecule has 7 heteroatoms. The Morgan fingerprint density at radius 3 is 3.16 bits per heavy atom. The lowest BCUT2D eigenvalue weighted by atomic mass is 10.1. The third kappa shape index (κ3) is 3.90. The number of carbonyl (C=O) groups excluding carboxylic acids is 1. The van der Waals surface area contributed by atoms with Crippen LogP contribution in [0, 0.1) is 5.92 Å². The maximum atomic E-state index is 11.7. The molecule has 2 heterocycles. The number of nitrogens with zero attached hydrogens (tertiary/aromatic N) is 3. The molecule has 104 valence electrons. The van der Waals surface area contributed by atoms with Gasteiger partial charge in [0.15, 0.2) is 4.34 Å². The molecule has 1 aromatic rings. The number of rotatable bonds is 6. The van der Waals surface area contributed by atoms with E-state index in [-0.39, 0.29) is 5.91 Å². The minimum Gasteiger partial charge on any atom is -0.355 e. The van der Waals surface area contributed by atoms with Crippen LogP contribution in [0.5, 0.6) is 0 Å². The summed E-state index contributed by atoms with van der Waals surface area (Å²) in [6, 6.07) is 0.855. The molecule has 1 saturated carbocycles. The van der Waals surface area contributed by atoms with Crippen molar-refractivity contribution in [3.63, 3.8) is 0 Å². The topological polar surface area (TPSA) is 58.1 Å². The lowest BCUT2D eigenvalue weighted by Gasteiger charge is -2.15. The zero-order valence-corrected chi connectivity index (χ0v) is 12.4. The van der Waals surface area contributed by atoms with Gasteiger partial charge in [-0.3, -0.25) is 4.79 Å². The molecule has 1 aliphatic carbocycles. The standard InChI is InChI=1S/C12H18N4OS2/c17-11(7-18-12-15-14-8-19-12)13-5-9-3-4-16(6-9)10-1-2-10/h8-10H,1-7H2,(H,13,17). The fraction of sp³-hybridized carbons (Fsp3) is 0.750. The zero-order valence-electron chi connectivity index (χ0n) is 10.7. The highest BCUT2D eigenvalue weighted by Crippen LogP contribution is 2.31. The second kappa shape index (κ2) is 6.19. The first-order valence-corrected chi connectivity index (χ1v) is 8.57. The summed E-state index contributed by atoms with van der Waals surface area (Å²) in [4.78, 5) is 14.3. The van der Waals surface area contributed by atoms with E-state index in [0.29, 0.717) is 11.7 Å². The van der Waals surface area contributed by atoms with Crippen molar-refractivity contribution in [2.75, 3.05) is 25.4 Å². The monoisotopic (exact) mass is 298 g/mol. The second-order valence-electron chi connectivity index (χ2n) is 5.18. The highest BCUT2D eigenvalue weighted by molar-refractivity contribution is 8.01. The van der Waals surface area contributed by atoms with Crippen molar-refractivity contribution in [3.05, 3.63) is 5.51 Å². The Morgan fingerprint density at radius 2 is 2.42 bits per heavy atom. The van der Waals surface area contributed by atoms with Crippen LogP contribution < -0.4 is 5.32 Å². The highest BCUT2D eigenvalue weighted by atomic mass is 32.2. The van der Waals surface area contributed by atoms with E-state index in [0.717, 1.165) is 23.5 Å². The summed E-state index contributed by atoms with van der Waals surface area (Å²) in [5.74, 6) is 1.18. The van der Waals surface area contributed by atoms with E-state index in [1.165, 1.54) is 48.9 Å². The van der Waals surface area contributed by atoms with Gasteiger partial charge in [-0.25, -0.2) is 0 Å². The van der Waals surface area contributed by atoms with E-state index in [1.54, 1.807) is 5.51 Å². The van der Waals surface area contributed by atoms with E-state index in [2.05, 4.69) is 20.4 Å². The van der Waals surface area contributed by atoms with Crippen LogP contribution in [0.1, 0.15) is 19.3 Å².